The number of aromatic nitrogens is 2. The summed E-state index contributed by atoms with van der Waals surface area (Å²) in [7, 11) is 0. The molecule has 0 radical (unpaired) electrons. The van der Waals surface area contributed by atoms with Gasteiger partial charge in [-0.25, -0.2) is 9.37 Å². The number of H-pyrrole nitrogens is 1. The number of Topliss-reactive ketones (excluding diaryl/α,β-unsaturated/α-hetero) is 1. The van der Waals surface area contributed by atoms with Gasteiger partial charge in [0.2, 0.25) is 5.78 Å². The molecule has 1 amide bonds. The van der Waals surface area contributed by atoms with Crippen LogP contribution in [-0.4, -0.2) is 27.4 Å². The van der Waals surface area contributed by atoms with E-state index >= 15 is 0 Å². The van der Waals surface area contributed by atoms with Gasteiger partial charge in [0, 0.05) is 16.8 Å². The highest BCUT2D eigenvalue weighted by molar-refractivity contribution is 6.41. The van der Waals surface area contributed by atoms with Gasteiger partial charge in [-0.3, -0.25) is 19.2 Å². The van der Waals surface area contributed by atoms with Crippen molar-refractivity contribution in [2.75, 3.05) is 5.32 Å². The molecule has 0 saturated carbocycles. The van der Waals surface area contributed by atoms with Crippen molar-refractivity contribution in [2.24, 2.45) is 0 Å². The number of rotatable bonds is 6. The maximum Gasteiger partial charge on any atom is 0.292 e. The molecular formula is C24H16FN3O4. The lowest BCUT2D eigenvalue weighted by atomic mass is 10.0. The van der Waals surface area contributed by atoms with Gasteiger partial charge in [0.15, 0.2) is 5.78 Å². The van der Waals surface area contributed by atoms with E-state index in [1.54, 1.807) is 42.5 Å². The number of carbonyl (C=O) groups excluding carboxylic acids is 3. The first-order valence-electron chi connectivity index (χ1n) is 9.63. The quantitative estimate of drug-likeness (QED) is 0.362. The van der Waals surface area contributed by atoms with Crippen LogP contribution in [0.2, 0.25) is 0 Å². The Morgan fingerprint density at radius 3 is 2.34 bits per heavy atom. The second-order valence-electron chi connectivity index (χ2n) is 7.00. The molecule has 158 valence electrons. The van der Waals surface area contributed by atoms with Crippen LogP contribution in [0.4, 0.5) is 10.1 Å². The number of fused-ring (bicyclic) bond motifs is 1. The van der Waals surface area contributed by atoms with Gasteiger partial charge < -0.3 is 10.3 Å². The van der Waals surface area contributed by atoms with Crippen LogP contribution in [0.5, 0.6) is 0 Å². The molecule has 1 heterocycles. The number of aromatic amines is 1. The number of ketones is 2. The Morgan fingerprint density at radius 2 is 1.62 bits per heavy atom. The third kappa shape index (κ3) is 4.49. The number of benzene rings is 3. The standard InChI is InChI=1S/C24H16FN3O4/c25-16-7-9-17(10-8-16)26-24(32)21(29)13-20-23(31)28-19-12-15(6-11-18(19)27-20)22(30)14-4-2-1-3-5-14/h1-12H,13H2,(H,26,32)(H,28,31). The Hall–Kier alpha value is -4.46. The van der Waals surface area contributed by atoms with E-state index in [9.17, 15) is 23.6 Å². The van der Waals surface area contributed by atoms with E-state index in [-0.39, 0.29) is 17.2 Å². The molecule has 4 aromatic rings. The Bertz CT molecular complexity index is 1400. The van der Waals surface area contributed by atoms with Crippen LogP contribution in [0, 0.1) is 5.82 Å². The zero-order valence-electron chi connectivity index (χ0n) is 16.6. The van der Waals surface area contributed by atoms with Crippen molar-refractivity contribution >= 4 is 34.2 Å². The molecule has 0 saturated heterocycles. The minimum absolute atomic E-state index is 0.126. The van der Waals surface area contributed by atoms with Crippen LogP contribution in [0.25, 0.3) is 11.0 Å². The number of nitrogens with one attached hydrogen (secondary N) is 2. The largest absolute Gasteiger partial charge is 0.319 e. The fourth-order valence-corrected chi connectivity index (χ4v) is 3.11. The first-order valence-corrected chi connectivity index (χ1v) is 9.63. The number of anilines is 1. The van der Waals surface area contributed by atoms with Gasteiger partial charge in [0.1, 0.15) is 11.5 Å². The summed E-state index contributed by atoms with van der Waals surface area (Å²) in [4.78, 5) is 56.2. The fourth-order valence-electron chi connectivity index (χ4n) is 3.11. The summed E-state index contributed by atoms with van der Waals surface area (Å²) in [6.45, 7) is 0. The average molecular weight is 429 g/mol. The molecular weight excluding hydrogens is 413 g/mol. The summed E-state index contributed by atoms with van der Waals surface area (Å²) in [5.74, 6) is -2.50. The van der Waals surface area contributed by atoms with Crippen LogP contribution in [0.1, 0.15) is 21.6 Å². The number of hydrogen-bond donors (Lipinski definition) is 2. The molecule has 0 bridgehead atoms. The van der Waals surface area contributed by atoms with Gasteiger partial charge in [0.25, 0.3) is 11.5 Å². The molecule has 0 aliphatic heterocycles. The van der Waals surface area contributed by atoms with Gasteiger partial charge >= 0.3 is 0 Å². The van der Waals surface area contributed by atoms with Crippen LogP contribution in [-0.2, 0) is 16.0 Å². The molecule has 7 nitrogen and oxygen atoms in total. The first-order chi connectivity index (χ1) is 15.4. The van der Waals surface area contributed by atoms with Crippen LogP contribution in [0.15, 0.2) is 77.6 Å². The van der Waals surface area contributed by atoms with Gasteiger partial charge in [-0.05, 0) is 42.5 Å². The zero-order valence-corrected chi connectivity index (χ0v) is 16.6. The molecule has 1 aromatic heterocycles. The lowest BCUT2D eigenvalue weighted by molar-refractivity contribution is -0.134. The number of hydrogen-bond acceptors (Lipinski definition) is 5. The molecule has 2 N–H and O–H groups in total. The summed E-state index contributed by atoms with van der Waals surface area (Å²) >= 11 is 0. The van der Waals surface area contributed by atoms with Crippen LogP contribution in [0.3, 0.4) is 0 Å². The Kier molecular flexibility index (Phi) is 5.67. The summed E-state index contributed by atoms with van der Waals surface area (Å²) in [6, 6.07) is 18.3. The molecule has 32 heavy (non-hydrogen) atoms. The predicted octanol–water partition coefficient (Wildman–Crippen LogP) is 3.04. The van der Waals surface area contributed by atoms with Crippen molar-refractivity contribution < 1.29 is 18.8 Å². The topological polar surface area (TPSA) is 109 Å². The summed E-state index contributed by atoms with van der Waals surface area (Å²) in [6.07, 6.45) is -0.511. The minimum atomic E-state index is -0.943. The number of amides is 1. The molecule has 0 aliphatic rings. The first kappa shape index (κ1) is 20.8. The van der Waals surface area contributed by atoms with Crippen molar-refractivity contribution in [3.8, 4) is 0 Å². The number of halogens is 1. The molecule has 8 heteroatoms. The maximum atomic E-state index is 13.0. The monoisotopic (exact) mass is 429 g/mol. The van der Waals surface area contributed by atoms with Gasteiger partial charge in [-0.1, -0.05) is 30.3 Å². The number of nitrogens with zero attached hydrogens (tertiary/aromatic N) is 1. The molecule has 0 aliphatic carbocycles. The summed E-state index contributed by atoms with van der Waals surface area (Å²) < 4.78 is 13.0. The normalized spacial score (nSPS) is 10.7. The molecule has 0 fully saturated rings. The lowest BCUT2D eigenvalue weighted by Gasteiger charge is -2.06. The third-order valence-electron chi connectivity index (χ3n) is 4.74. The Morgan fingerprint density at radius 1 is 0.906 bits per heavy atom. The average Bonchev–Trinajstić information content (AvgIpc) is 2.80. The van der Waals surface area contributed by atoms with E-state index in [2.05, 4.69) is 15.3 Å². The summed E-state index contributed by atoms with van der Waals surface area (Å²) in [5.41, 5.74) is 1.09. The molecule has 3 aromatic carbocycles. The van der Waals surface area contributed by atoms with Crippen molar-refractivity contribution in [1.82, 2.24) is 9.97 Å². The highest BCUT2D eigenvalue weighted by Crippen LogP contribution is 2.15. The third-order valence-corrected chi connectivity index (χ3v) is 4.74. The van der Waals surface area contributed by atoms with E-state index in [0.717, 1.165) is 12.1 Å². The smallest absolute Gasteiger partial charge is 0.292 e. The van der Waals surface area contributed by atoms with Gasteiger partial charge in [-0.2, -0.15) is 0 Å². The highest BCUT2D eigenvalue weighted by atomic mass is 19.1. The number of carbonyl (C=O) groups is 3. The van der Waals surface area contributed by atoms with Gasteiger partial charge in [-0.15, -0.1) is 0 Å². The molecule has 0 atom stereocenters. The fraction of sp³-hybridized carbons (Fsp3) is 0.0417. The van der Waals surface area contributed by atoms with E-state index in [1.165, 1.54) is 18.2 Å². The minimum Gasteiger partial charge on any atom is -0.319 e. The molecule has 4 rings (SSSR count). The van der Waals surface area contributed by atoms with Crippen molar-refractivity contribution in [1.29, 1.82) is 0 Å². The van der Waals surface area contributed by atoms with Crippen molar-refractivity contribution in [2.45, 2.75) is 6.42 Å². The molecule has 0 unspecified atom stereocenters. The van der Waals surface area contributed by atoms with Crippen molar-refractivity contribution in [3.63, 3.8) is 0 Å². The van der Waals surface area contributed by atoms with E-state index in [1.807, 2.05) is 0 Å². The van der Waals surface area contributed by atoms with E-state index in [0.29, 0.717) is 22.2 Å². The Labute approximate surface area is 180 Å². The lowest BCUT2D eigenvalue weighted by Crippen LogP contribution is -2.28. The molecule has 0 spiro atoms. The van der Waals surface area contributed by atoms with Crippen molar-refractivity contribution in [3.05, 3.63) is 106 Å². The zero-order chi connectivity index (χ0) is 22.7. The van der Waals surface area contributed by atoms with Gasteiger partial charge in [0.05, 0.1) is 17.5 Å². The predicted molar refractivity (Wildman–Crippen MR) is 116 cm³/mol. The second kappa shape index (κ2) is 8.73. The van der Waals surface area contributed by atoms with Crippen LogP contribution < -0.4 is 10.9 Å². The summed E-state index contributed by atoms with van der Waals surface area (Å²) in [5, 5.41) is 2.35. The Balaban J connectivity index is 1.53. The van der Waals surface area contributed by atoms with E-state index in [4.69, 9.17) is 0 Å². The maximum absolute atomic E-state index is 13.0. The second-order valence-corrected chi connectivity index (χ2v) is 7.00. The van der Waals surface area contributed by atoms with E-state index < -0.39 is 29.5 Å². The SMILES string of the molecule is O=C(Cc1nc2ccc(C(=O)c3ccccc3)cc2[nH]c1=O)C(=O)Nc1ccc(F)cc1. The van der Waals surface area contributed by atoms with Crippen LogP contribution >= 0.6 is 0 Å². The highest BCUT2D eigenvalue weighted by Gasteiger charge is 2.18.